The summed E-state index contributed by atoms with van der Waals surface area (Å²) in [5.74, 6) is -1.08. The molecule has 0 bridgehead atoms. The lowest BCUT2D eigenvalue weighted by atomic mass is 10.1. The van der Waals surface area contributed by atoms with E-state index in [1.807, 2.05) is 0 Å². The first kappa shape index (κ1) is 15.2. The number of nitro groups is 1. The fourth-order valence-electron chi connectivity index (χ4n) is 2.47. The second-order valence-corrected chi connectivity index (χ2v) is 5.09. The predicted molar refractivity (Wildman–Crippen MR) is 77.4 cm³/mol. The molecule has 21 heavy (non-hydrogen) atoms. The number of hydrogen-bond donors (Lipinski definition) is 2. The predicted octanol–water partition coefficient (Wildman–Crippen LogP) is 1.52. The van der Waals surface area contributed by atoms with E-state index < -0.39 is 22.3 Å². The molecule has 1 aromatic rings. The van der Waals surface area contributed by atoms with Gasteiger partial charge in [0.2, 0.25) is 5.75 Å². The normalized spacial score (nSPS) is 15.6. The fraction of sp³-hybridized carbons (Fsp3) is 0.500. The molecule has 2 rings (SSSR count). The Morgan fingerprint density at radius 2 is 2.05 bits per heavy atom. The molecule has 0 unspecified atom stereocenters. The average Bonchev–Trinajstić information content (AvgIpc) is 2.48. The van der Waals surface area contributed by atoms with E-state index in [9.17, 15) is 20.0 Å². The van der Waals surface area contributed by atoms with E-state index in [0.29, 0.717) is 6.54 Å². The van der Waals surface area contributed by atoms with Crippen molar-refractivity contribution >= 4 is 11.6 Å². The first-order valence-corrected chi connectivity index (χ1v) is 7.06. The van der Waals surface area contributed by atoms with Crippen molar-refractivity contribution in [3.63, 3.8) is 0 Å². The number of rotatable bonds is 5. The number of phenols is 1. The zero-order valence-corrected chi connectivity index (χ0v) is 11.7. The molecule has 0 aromatic heterocycles. The maximum Gasteiger partial charge on any atom is 0.311 e. The minimum absolute atomic E-state index is 0.0668. The number of phenolic OH excluding ortho intramolecular Hbond substituents is 1. The van der Waals surface area contributed by atoms with Crippen LogP contribution in [-0.2, 0) is 0 Å². The monoisotopic (exact) mass is 293 g/mol. The molecule has 7 heteroatoms. The van der Waals surface area contributed by atoms with Gasteiger partial charge in [-0.15, -0.1) is 0 Å². The molecule has 0 atom stereocenters. The summed E-state index contributed by atoms with van der Waals surface area (Å²) < 4.78 is 0. The van der Waals surface area contributed by atoms with Crippen LogP contribution in [0.25, 0.3) is 0 Å². The van der Waals surface area contributed by atoms with Crippen LogP contribution in [0.3, 0.4) is 0 Å². The van der Waals surface area contributed by atoms with Gasteiger partial charge in [0.15, 0.2) is 0 Å². The van der Waals surface area contributed by atoms with Crippen molar-refractivity contribution in [2.24, 2.45) is 0 Å². The summed E-state index contributed by atoms with van der Waals surface area (Å²) in [6.45, 7) is 3.29. The first-order valence-electron chi connectivity index (χ1n) is 7.06. The Morgan fingerprint density at radius 1 is 1.33 bits per heavy atom. The smallest absolute Gasteiger partial charge is 0.311 e. The van der Waals surface area contributed by atoms with E-state index in [4.69, 9.17) is 0 Å². The quantitative estimate of drug-likeness (QED) is 0.634. The topological polar surface area (TPSA) is 95.7 Å². The summed E-state index contributed by atoms with van der Waals surface area (Å²) in [5.41, 5.74) is -0.526. The Labute approximate surface area is 122 Å². The molecule has 7 nitrogen and oxygen atoms in total. The minimum atomic E-state index is -0.708. The molecular weight excluding hydrogens is 274 g/mol. The molecule has 0 spiro atoms. The molecule has 1 amide bonds. The van der Waals surface area contributed by atoms with Gasteiger partial charge in [-0.1, -0.05) is 12.5 Å². The van der Waals surface area contributed by atoms with Crippen LogP contribution in [0.5, 0.6) is 5.75 Å². The third-order valence-corrected chi connectivity index (χ3v) is 3.62. The molecule has 0 saturated carbocycles. The number of carbonyl (C=O) groups excluding carboxylic acids is 1. The van der Waals surface area contributed by atoms with Gasteiger partial charge in [0.05, 0.1) is 10.5 Å². The number of piperidine rings is 1. The molecule has 1 heterocycles. The van der Waals surface area contributed by atoms with Gasteiger partial charge in [0.25, 0.3) is 5.91 Å². The Kier molecular flexibility index (Phi) is 5.10. The van der Waals surface area contributed by atoms with Crippen molar-refractivity contribution in [2.45, 2.75) is 19.3 Å². The molecule has 1 aromatic carbocycles. The molecular formula is C14H19N3O4. The zero-order valence-electron chi connectivity index (χ0n) is 11.7. The second-order valence-electron chi connectivity index (χ2n) is 5.09. The van der Waals surface area contributed by atoms with Gasteiger partial charge in [-0.2, -0.15) is 0 Å². The Morgan fingerprint density at radius 3 is 2.71 bits per heavy atom. The molecule has 1 saturated heterocycles. The van der Waals surface area contributed by atoms with Gasteiger partial charge in [-0.05, 0) is 32.0 Å². The third-order valence-electron chi connectivity index (χ3n) is 3.62. The average molecular weight is 293 g/mol. The number of nitro benzene ring substituents is 1. The van der Waals surface area contributed by atoms with Crippen LogP contribution in [0.15, 0.2) is 18.2 Å². The van der Waals surface area contributed by atoms with Crippen molar-refractivity contribution in [1.29, 1.82) is 0 Å². The van der Waals surface area contributed by atoms with E-state index in [1.165, 1.54) is 37.5 Å². The maximum atomic E-state index is 12.0. The number of nitrogens with one attached hydrogen (secondary N) is 1. The lowest BCUT2D eigenvalue weighted by molar-refractivity contribution is -0.385. The number of hydrogen-bond acceptors (Lipinski definition) is 5. The van der Waals surface area contributed by atoms with Gasteiger partial charge in [0.1, 0.15) is 0 Å². The Hall–Kier alpha value is -2.15. The van der Waals surface area contributed by atoms with Crippen molar-refractivity contribution < 1.29 is 14.8 Å². The van der Waals surface area contributed by atoms with Crippen LogP contribution in [0.4, 0.5) is 5.69 Å². The minimum Gasteiger partial charge on any atom is -0.502 e. The van der Waals surface area contributed by atoms with Gasteiger partial charge < -0.3 is 15.3 Å². The Bertz CT molecular complexity index is 527. The van der Waals surface area contributed by atoms with E-state index in [0.717, 1.165) is 19.6 Å². The summed E-state index contributed by atoms with van der Waals surface area (Å²) >= 11 is 0. The van der Waals surface area contributed by atoms with Crippen LogP contribution in [0.2, 0.25) is 0 Å². The SMILES string of the molecule is O=C(NCCN1CCCCC1)c1cccc([N+](=O)[O-])c1O. The fourth-order valence-corrected chi connectivity index (χ4v) is 2.47. The third kappa shape index (κ3) is 3.91. The number of nitrogens with zero attached hydrogens (tertiary/aromatic N) is 2. The maximum absolute atomic E-state index is 12.0. The van der Waals surface area contributed by atoms with Crippen LogP contribution >= 0.6 is 0 Å². The second kappa shape index (κ2) is 7.03. The lowest BCUT2D eigenvalue weighted by Crippen LogP contribution is -2.37. The summed E-state index contributed by atoms with van der Waals surface area (Å²) in [5, 5.41) is 23.2. The molecule has 1 aliphatic rings. The van der Waals surface area contributed by atoms with E-state index >= 15 is 0 Å². The number of aromatic hydroxyl groups is 1. The van der Waals surface area contributed by atoms with Crippen molar-refractivity contribution in [3.05, 3.63) is 33.9 Å². The van der Waals surface area contributed by atoms with Crippen LogP contribution < -0.4 is 5.32 Å². The van der Waals surface area contributed by atoms with E-state index in [-0.39, 0.29) is 5.56 Å². The molecule has 2 N–H and O–H groups in total. The highest BCUT2D eigenvalue weighted by Crippen LogP contribution is 2.28. The summed E-state index contributed by atoms with van der Waals surface area (Å²) in [6, 6.07) is 3.93. The van der Waals surface area contributed by atoms with Crippen LogP contribution in [0.1, 0.15) is 29.6 Å². The molecule has 0 radical (unpaired) electrons. The van der Waals surface area contributed by atoms with Crippen molar-refractivity contribution in [2.75, 3.05) is 26.2 Å². The highest BCUT2D eigenvalue weighted by molar-refractivity contribution is 5.98. The zero-order chi connectivity index (χ0) is 15.2. The van der Waals surface area contributed by atoms with E-state index in [2.05, 4.69) is 10.2 Å². The Balaban J connectivity index is 1.91. The van der Waals surface area contributed by atoms with Gasteiger partial charge in [0, 0.05) is 19.2 Å². The van der Waals surface area contributed by atoms with Gasteiger partial charge in [-0.3, -0.25) is 14.9 Å². The van der Waals surface area contributed by atoms with Crippen molar-refractivity contribution in [1.82, 2.24) is 10.2 Å². The van der Waals surface area contributed by atoms with Gasteiger partial charge >= 0.3 is 5.69 Å². The molecule has 0 aliphatic carbocycles. The highest BCUT2D eigenvalue weighted by Gasteiger charge is 2.20. The molecule has 1 fully saturated rings. The summed E-state index contributed by atoms with van der Waals surface area (Å²) in [6.07, 6.45) is 3.61. The van der Waals surface area contributed by atoms with Gasteiger partial charge in [-0.25, -0.2) is 0 Å². The summed E-state index contributed by atoms with van der Waals surface area (Å²) in [7, 11) is 0. The standard InChI is InChI=1S/C14H19N3O4/c18-13-11(5-4-6-12(13)17(20)21)14(19)15-7-10-16-8-2-1-3-9-16/h4-6,18H,1-3,7-10H2,(H,15,19). The van der Waals surface area contributed by atoms with Crippen LogP contribution in [-0.4, -0.2) is 47.0 Å². The largest absolute Gasteiger partial charge is 0.502 e. The highest BCUT2D eigenvalue weighted by atomic mass is 16.6. The number of amides is 1. The molecule has 1 aliphatic heterocycles. The number of benzene rings is 1. The first-order chi connectivity index (χ1) is 10.1. The number of carbonyl (C=O) groups is 1. The molecule has 114 valence electrons. The van der Waals surface area contributed by atoms with Crippen molar-refractivity contribution in [3.8, 4) is 5.75 Å². The van der Waals surface area contributed by atoms with Crippen LogP contribution in [0, 0.1) is 10.1 Å². The lowest BCUT2D eigenvalue weighted by Gasteiger charge is -2.26. The van der Waals surface area contributed by atoms with E-state index in [1.54, 1.807) is 0 Å². The number of para-hydroxylation sites is 1. The summed E-state index contributed by atoms with van der Waals surface area (Å²) in [4.78, 5) is 24.3. The number of likely N-dealkylation sites (tertiary alicyclic amines) is 1.